The van der Waals surface area contributed by atoms with Gasteiger partial charge in [-0.3, -0.25) is 15.0 Å². The Labute approximate surface area is 107 Å². The highest BCUT2D eigenvalue weighted by molar-refractivity contribution is 5.97. The minimum atomic E-state index is -0.618. The first kappa shape index (κ1) is 14.2. The van der Waals surface area contributed by atoms with Crippen LogP contribution in [-0.2, 0) is 4.79 Å². The van der Waals surface area contributed by atoms with Crippen molar-refractivity contribution in [2.24, 2.45) is 11.8 Å². The van der Waals surface area contributed by atoms with E-state index in [1.54, 1.807) is 24.3 Å². The number of nitrogens with one attached hydrogen (secondary N) is 2. The van der Waals surface area contributed by atoms with Crippen molar-refractivity contribution >= 4 is 11.8 Å². The second-order valence-electron chi connectivity index (χ2n) is 4.21. The molecule has 4 N–H and O–H groups in total. The van der Waals surface area contributed by atoms with E-state index in [0.717, 1.165) is 6.42 Å². The van der Waals surface area contributed by atoms with Gasteiger partial charge in [0.05, 0.1) is 0 Å². The molecule has 5 nitrogen and oxygen atoms in total. The maximum Gasteiger partial charge on any atom is 0.256 e. The van der Waals surface area contributed by atoms with Crippen LogP contribution in [0.2, 0.25) is 0 Å². The Morgan fingerprint density at radius 3 is 2.39 bits per heavy atom. The van der Waals surface area contributed by atoms with Crippen molar-refractivity contribution in [3.05, 3.63) is 35.9 Å². The number of carbonyl (C=O) groups excluding carboxylic acids is 2. The van der Waals surface area contributed by atoms with E-state index < -0.39 is 6.04 Å². The molecule has 0 heterocycles. The SMILES string of the molecule is CCC(C)C(NC(=O)c1ccccc1)C(=O)NN. The third kappa shape index (κ3) is 3.56. The zero-order valence-corrected chi connectivity index (χ0v) is 10.6. The molecule has 1 rings (SSSR count). The van der Waals surface area contributed by atoms with Gasteiger partial charge >= 0.3 is 0 Å². The van der Waals surface area contributed by atoms with Gasteiger partial charge in [0.1, 0.15) is 6.04 Å². The van der Waals surface area contributed by atoms with Crippen LogP contribution in [0.3, 0.4) is 0 Å². The van der Waals surface area contributed by atoms with Crippen molar-refractivity contribution in [2.45, 2.75) is 26.3 Å². The minimum Gasteiger partial charge on any atom is -0.340 e. The zero-order chi connectivity index (χ0) is 13.5. The average Bonchev–Trinajstić information content (AvgIpc) is 2.43. The lowest BCUT2D eigenvalue weighted by Gasteiger charge is -2.22. The summed E-state index contributed by atoms with van der Waals surface area (Å²) in [5, 5.41) is 2.70. The van der Waals surface area contributed by atoms with Crippen LogP contribution in [0.15, 0.2) is 30.3 Å². The largest absolute Gasteiger partial charge is 0.340 e. The fourth-order valence-electron chi connectivity index (χ4n) is 1.61. The van der Waals surface area contributed by atoms with Crippen molar-refractivity contribution in [2.75, 3.05) is 0 Å². The van der Waals surface area contributed by atoms with Crippen LogP contribution >= 0.6 is 0 Å². The summed E-state index contributed by atoms with van der Waals surface area (Å²) < 4.78 is 0. The monoisotopic (exact) mass is 249 g/mol. The summed E-state index contributed by atoms with van der Waals surface area (Å²) in [5.74, 6) is 4.49. The number of amides is 2. The quantitative estimate of drug-likeness (QED) is 0.410. The van der Waals surface area contributed by atoms with Crippen molar-refractivity contribution in [1.82, 2.24) is 10.7 Å². The molecule has 1 aromatic rings. The molecule has 0 aliphatic carbocycles. The van der Waals surface area contributed by atoms with Crippen LogP contribution in [0.25, 0.3) is 0 Å². The highest BCUT2D eigenvalue weighted by atomic mass is 16.2. The maximum absolute atomic E-state index is 12.0. The van der Waals surface area contributed by atoms with Gasteiger partial charge in [0.2, 0.25) is 0 Å². The Bertz CT molecular complexity index is 406. The van der Waals surface area contributed by atoms with Gasteiger partial charge in [0, 0.05) is 5.56 Å². The van der Waals surface area contributed by atoms with E-state index in [1.807, 2.05) is 19.9 Å². The fraction of sp³-hybridized carbons (Fsp3) is 0.385. The summed E-state index contributed by atoms with van der Waals surface area (Å²) >= 11 is 0. The number of rotatable bonds is 5. The molecule has 0 saturated carbocycles. The molecule has 98 valence electrons. The Kier molecular flexibility index (Phi) is 5.32. The number of benzene rings is 1. The smallest absolute Gasteiger partial charge is 0.256 e. The summed E-state index contributed by atoms with van der Waals surface area (Å²) in [6, 6.07) is 8.15. The molecule has 0 fully saturated rings. The van der Waals surface area contributed by atoms with Gasteiger partial charge in [0.25, 0.3) is 11.8 Å². The fourth-order valence-corrected chi connectivity index (χ4v) is 1.61. The van der Waals surface area contributed by atoms with Crippen LogP contribution in [0.1, 0.15) is 30.6 Å². The molecule has 1 aromatic carbocycles. The number of carbonyl (C=O) groups is 2. The van der Waals surface area contributed by atoms with E-state index in [-0.39, 0.29) is 17.7 Å². The number of nitrogens with two attached hydrogens (primary N) is 1. The summed E-state index contributed by atoms with van der Waals surface area (Å²) in [4.78, 5) is 23.6. The predicted molar refractivity (Wildman–Crippen MR) is 69.5 cm³/mol. The molecule has 2 unspecified atom stereocenters. The van der Waals surface area contributed by atoms with Gasteiger partial charge in [0.15, 0.2) is 0 Å². The first-order valence-corrected chi connectivity index (χ1v) is 5.96. The molecular formula is C13H19N3O2. The van der Waals surface area contributed by atoms with Crippen molar-refractivity contribution in [3.63, 3.8) is 0 Å². The molecule has 0 saturated heterocycles. The van der Waals surface area contributed by atoms with Crippen molar-refractivity contribution in [1.29, 1.82) is 0 Å². The molecule has 5 heteroatoms. The number of hydrogen-bond acceptors (Lipinski definition) is 3. The third-order valence-electron chi connectivity index (χ3n) is 2.96. The molecule has 0 bridgehead atoms. The van der Waals surface area contributed by atoms with Gasteiger partial charge in [-0.2, -0.15) is 0 Å². The maximum atomic E-state index is 12.0. The topological polar surface area (TPSA) is 84.2 Å². The molecule has 2 amide bonds. The molecule has 18 heavy (non-hydrogen) atoms. The zero-order valence-electron chi connectivity index (χ0n) is 10.6. The molecule has 0 aliphatic heterocycles. The second kappa shape index (κ2) is 6.76. The van der Waals surface area contributed by atoms with Gasteiger partial charge in [-0.1, -0.05) is 38.5 Å². The van der Waals surface area contributed by atoms with Crippen molar-refractivity contribution in [3.8, 4) is 0 Å². The van der Waals surface area contributed by atoms with Crippen LogP contribution < -0.4 is 16.6 Å². The molecular weight excluding hydrogens is 230 g/mol. The highest BCUT2D eigenvalue weighted by Crippen LogP contribution is 2.09. The first-order chi connectivity index (χ1) is 8.60. The molecule has 0 aliphatic rings. The number of hydrazine groups is 1. The predicted octanol–water partition coefficient (Wildman–Crippen LogP) is 0.821. The van der Waals surface area contributed by atoms with Crippen LogP contribution in [0.4, 0.5) is 0 Å². The molecule has 0 aromatic heterocycles. The van der Waals surface area contributed by atoms with Crippen molar-refractivity contribution < 1.29 is 9.59 Å². The van der Waals surface area contributed by atoms with E-state index in [1.165, 1.54) is 0 Å². The standard InChI is InChI=1S/C13H19N3O2/c1-3-9(2)11(13(18)16-14)15-12(17)10-7-5-4-6-8-10/h4-9,11H,3,14H2,1-2H3,(H,15,17)(H,16,18). The number of hydrogen-bond donors (Lipinski definition) is 3. The van der Waals surface area contributed by atoms with Gasteiger partial charge in [-0.15, -0.1) is 0 Å². The highest BCUT2D eigenvalue weighted by Gasteiger charge is 2.25. The Morgan fingerprint density at radius 1 is 1.28 bits per heavy atom. The normalized spacial score (nSPS) is 13.5. The Balaban J connectivity index is 2.78. The van der Waals surface area contributed by atoms with Gasteiger partial charge in [-0.25, -0.2) is 5.84 Å². The molecule has 0 spiro atoms. The molecule has 2 atom stereocenters. The summed E-state index contributed by atoms with van der Waals surface area (Å²) in [6.45, 7) is 3.85. The van der Waals surface area contributed by atoms with Crippen LogP contribution in [-0.4, -0.2) is 17.9 Å². The average molecular weight is 249 g/mol. The lowest BCUT2D eigenvalue weighted by Crippen LogP contribution is -2.52. The van der Waals surface area contributed by atoms with Gasteiger partial charge < -0.3 is 5.32 Å². The lowest BCUT2D eigenvalue weighted by molar-refractivity contribution is -0.124. The summed E-state index contributed by atoms with van der Waals surface area (Å²) in [7, 11) is 0. The Hall–Kier alpha value is -1.88. The lowest BCUT2D eigenvalue weighted by atomic mass is 9.98. The minimum absolute atomic E-state index is 0.0150. The first-order valence-electron chi connectivity index (χ1n) is 5.96. The van der Waals surface area contributed by atoms with E-state index in [9.17, 15) is 9.59 Å². The van der Waals surface area contributed by atoms with Crippen LogP contribution in [0.5, 0.6) is 0 Å². The second-order valence-corrected chi connectivity index (χ2v) is 4.21. The Morgan fingerprint density at radius 2 is 1.89 bits per heavy atom. The molecule has 0 radical (unpaired) electrons. The third-order valence-corrected chi connectivity index (χ3v) is 2.96. The van der Waals surface area contributed by atoms with Gasteiger partial charge in [-0.05, 0) is 18.1 Å². The van der Waals surface area contributed by atoms with E-state index in [0.29, 0.717) is 5.56 Å². The van der Waals surface area contributed by atoms with E-state index >= 15 is 0 Å². The van der Waals surface area contributed by atoms with E-state index in [4.69, 9.17) is 5.84 Å². The summed E-state index contributed by atoms with van der Waals surface area (Å²) in [5.41, 5.74) is 2.61. The van der Waals surface area contributed by atoms with Crippen LogP contribution in [0, 0.1) is 5.92 Å². The van der Waals surface area contributed by atoms with E-state index in [2.05, 4.69) is 10.7 Å². The summed E-state index contributed by atoms with van der Waals surface area (Å²) in [6.07, 6.45) is 0.771.